The maximum atomic E-state index is 6.61. The minimum Gasteiger partial charge on any atom is -0.327 e. The average molecular weight is 263 g/mol. The molecule has 1 aliphatic carbocycles. The van der Waals surface area contributed by atoms with Gasteiger partial charge in [-0.05, 0) is 49.5 Å². The summed E-state index contributed by atoms with van der Waals surface area (Å²) in [6.07, 6.45) is 11.7. The van der Waals surface area contributed by atoms with Crippen molar-refractivity contribution in [1.82, 2.24) is 9.78 Å². The summed E-state index contributed by atoms with van der Waals surface area (Å²) in [5.41, 5.74) is 8.28. The highest BCUT2D eigenvalue weighted by Crippen LogP contribution is 2.45. The molecule has 0 saturated heterocycles. The first kappa shape index (κ1) is 14.6. The van der Waals surface area contributed by atoms with E-state index in [4.69, 9.17) is 5.73 Å². The van der Waals surface area contributed by atoms with Crippen molar-refractivity contribution in [2.24, 2.45) is 17.1 Å². The first-order valence-corrected chi connectivity index (χ1v) is 7.82. The third-order valence-corrected chi connectivity index (χ3v) is 4.67. The minimum absolute atomic E-state index is 0.284. The Bertz CT molecular complexity index is 388. The van der Waals surface area contributed by atoms with E-state index < -0.39 is 0 Å². The predicted molar refractivity (Wildman–Crippen MR) is 79.9 cm³/mol. The molecule has 0 bridgehead atoms. The number of nitrogens with two attached hydrogens (primary N) is 1. The van der Waals surface area contributed by atoms with Gasteiger partial charge in [0, 0.05) is 18.8 Å². The van der Waals surface area contributed by atoms with Gasteiger partial charge in [0.05, 0.1) is 6.20 Å². The Labute approximate surface area is 117 Å². The van der Waals surface area contributed by atoms with Crippen LogP contribution in [0.3, 0.4) is 0 Å². The molecule has 108 valence electrons. The summed E-state index contributed by atoms with van der Waals surface area (Å²) in [6.45, 7) is 7.70. The Morgan fingerprint density at radius 1 is 1.37 bits per heavy atom. The van der Waals surface area contributed by atoms with Gasteiger partial charge in [0.2, 0.25) is 0 Å². The van der Waals surface area contributed by atoms with Gasteiger partial charge in [-0.25, -0.2) is 0 Å². The van der Waals surface area contributed by atoms with Gasteiger partial charge in [0.25, 0.3) is 0 Å². The third-order valence-electron chi connectivity index (χ3n) is 4.67. The van der Waals surface area contributed by atoms with Crippen LogP contribution in [0.15, 0.2) is 12.4 Å². The van der Waals surface area contributed by atoms with Crippen molar-refractivity contribution in [3.63, 3.8) is 0 Å². The summed E-state index contributed by atoms with van der Waals surface area (Å²) < 4.78 is 1.99. The van der Waals surface area contributed by atoms with Crippen molar-refractivity contribution in [1.29, 1.82) is 0 Å². The zero-order chi connectivity index (χ0) is 13.9. The molecular formula is C16H29N3. The van der Waals surface area contributed by atoms with Crippen LogP contribution < -0.4 is 5.73 Å². The fraction of sp³-hybridized carbons (Fsp3) is 0.812. The molecule has 0 spiro atoms. The van der Waals surface area contributed by atoms with Crippen molar-refractivity contribution >= 4 is 0 Å². The highest BCUT2D eigenvalue weighted by Gasteiger charge is 2.39. The molecule has 0 aliphatic heterocycles. The van der Waals surface area contributed by atoms with Crippen LogP contribution in [0.2, 0.25) is 0 Å². The molecule has 1 heterocycles. The van der Waals surface area contributed by atoms with Crippen LogP contribution >= 0.6 is 0 Å². The zero-order valence-electron chi connectivity index (χ0n) is 12.7. The van der Waals surface area contributed by atoms with Gasteiger partial charge in [0.15, 0.2) is 0 Å². The molecule has 0 radical (unpaired) electrons. The zero-order valence-corrected chi connectivity index (χ0v) is 12.7. The molecule has 0 amide bonds. The van der Waals surface area contributed by atoms with Crippen LogP contribution in [0.4, 0.5) is 0 Å². The predicted octanol–water partition coefficient (Wildman–Crippen LogP) is 3.38. The van der Waals surface area contributed by atoms with E-state index >= 15 is 0 Å². The Morgan fingerprint density at radius 2 is 2.05 bits per heavy atom. The normalized spacial score (nSPS) is 20.1. The molecule has 3 heteroatoms. The smallest absolute Gasteiger partial charge is 0.0522 e. The number of hydrogen-bond acceptors (Lipinski definition) is 2. The maximum Gasteiger partial charge on any atom is 0.0522 e. The summed E-state index contributed by atoms with van der Waals surface area (Å²) in [7, 11) is 0. The van der Waals surface area contributed by atoms with E-state index in [0.29, 0.717) is 5.41 Å². The molecule has 1 unspecified atom stereocenters. The third kappa shape index (κ3) is 3.38. The molecule has 1 aliphatic rings. The number of aromatic nitrogens is 2. The standard InChI is InChI=1S/C16H29N3/c1-4-19-12-14(11-18-19)9-15(17)16(10-13(2)3)7-5-6-8-16/h11-13,15H,4-10,17H2,1-3H3. The van der Waals surface area contributed by atoms with Crippen molar-refractivity contribution in [2.75, 3.05) is 0 Å². The van der Waals surface area contributed by atoms with Crippen molar-refractivity contribution in [2.45, 2.75) is 71.9 Å². The molecule has 1 aromatic heterocycles. The lowest BCUT2D eigenvalue weighted by Gasteiger charge is -2.37. The Kier molecular flexibility index (Phi) is 4.67. The van der Waals surface area contributed by atoms with Gasteiger partial charge < -0.3 is 5.73 Å². The molecular weight excluding hydrogens is 234 g/mol. The lowest BCUT2D eigenvalue weighted by molar-refractivity contribution is 0.181. The summed E-state index contributed by atoms with van der Waals surface area (Å²) >= 11 is 0. The fourth-order valence-electron chi connectivity index (χ4n) is 3.77. The van der Waals surface area contributed by atoms with E-state index in [-0.39, 0.29) is 6.04 Å². The molecule has 1 atom stereocenters. The second-order valence-corrected chi connectivity index (χ2v) is 6.68. The largest absolute Gasteiger partial charge is 0.327 e. The monoisotopic (exact) mass is 263 g/mol. The molecule has 19 heavy (non-hydrogen) atoms. The molecule has 1 saturated carbocycles. The highest BCUT2D eigenvalue weighted by molar-refractivity contribution is 5.09. The van der Waals surface area contributed by atoms with Gasteiger partial charge in [-0.1, -0.05) is 26.7 Å². The fourth-order valence-corrected chi connectivity index (χ4v) is 3.77. The van der Waals surface area contributed by atoms with E-state index in [9.17, 15) is 0 Å². The van der Waals surface area contributed by atoms with Crippen LogP contribution in [0, 0.1) is 11.3 Å². The Hall–Kier alpha value is -0.830. The van der Waals surface area contributed by atoms with Crippen LogP contribution in [-0.4, -0.2) is 15.8 Å². The second-order valence-electron chi connectivity index (χ2n) is 6.68. The molecule has 1 aromatic rings. The first-order valence-electron chi connectivity index (χ1n) is 7.82. The van der Waals surface area contributed by atoms with E-state index in [0.717, 1.165) is 18.9 Å². The van der Waals surface area contributed by atoms with Gasteiger partial charge in [-0.2, -0.15) is 5.10 Å². The molecule has 3 nitrogen and oxygen atoms in total. The van der Waals surface area contributed by atoms with Gasteiger partial charge in [-0.3, -0.25) is 4.68 Å². The Balaban J connectivity index is 2.05. The van der Waals surface area contributed by atoms with Crippen LogP contribution in [0.1, 0.15) is 58.4 Å². The van der Waals surface area contributed by atoms with Crippen molar-refractivity contribution in [3.8, 4) is 0 Å². The quantitative estimate of drug-likeness (QED) is 0.855. The number of hydrogen-bond donors (Lipinski definition) is 1. The van der Waals surface area contributed by atoms with Crippen LogP contribution in [0.25, 0.3) is 0 Å². The van der Waals surface area contributed by atoms with E-state index in [1.165, 1.54) is 37.7 Å². The van der Waals surface area contributed by atoms with E-state index in [1.54, 1.807) is 0 Å². The van der Waals surface area contributed by atoms with Gasteiger partial charge >= 0.3 is 0 Å². The number of aryl methyl sites for hydroxylation is 1. The summed E-state index contributed by atoms with van der Waals surface area (Å²) in [5, 5.41) is 4.36. The maximum absolute atomic E-state index is 6.61. The van der Waals surface area contributed by atoms with Crippen LogP contribution in [-0.2, 0) is 13.0 Å². The first-order chi connectivity index (χ1) is 9.05. The lowest BCUT2D eigenvalue weighted by Crippen LogP contribution is -2.42. The number of nitrogens with zero attached hydrogens (tertiary/aromatic N) is 2. The Morgan fingerprint density at radius 3 is 2.58 bits per heavy atom. The summed E-state index contributed by atoms with van der Waals surface area (Å²) in [6, 6.07) is 0.284. The molecule has 2 N–H and O–H groups in total. The lowest BCUT2D eigenvalue weighted by atomic mass is 9.71. The molecule has 2 rings (SSSR count). The van der Waals surface area contributed by atoms with Gasteiger partial charge in [0.1, 0.15) is 0 Å². The van der Waals surface area contributed by atoms with E-state index in [2.05, 4.69) is 32.1 Å². The van der Waals surface area contributed by atoms with Crippen LogP contribution in [0.5, 0.6) is 0 Å². The SMILES string of the molecule is CCn1cc(CC(N)C2(CC(C)C)CCCC2)cn1. The van der Waals surface area contributed by atoms with Gasteiger partial charge in [-0.15, -0.1) is 0 Å². The summed E-state index contributed by atoms with van der Waals surface area (Å²) in [5.74, 6) is 0.738. The molecule has 1 fully saturated rings. The average Bonchev–Trinajstić information content (AvgIpc) is 2.98. The number of rotatable bonds is 6. The molecule has 0 aromatic carbocycles. The van der Waals surface area contributed by atoms with E-state index in [1.807, 2.05) is 10.9 Å². The summed E-state index contributed by atoms with van der Waals surface area (Å²) in [4.78, 5) is 0. The van der Waals surface area contributed by atoms with Crippen molar-refractivity contribution in [3.05, 3.63) is 18.0 Å². The topological polar surface area (TPSA) is 43.8 Å². The minimum atomic E-state index is 0.284. The second kappa shape index (κ2) is 6.08. The highest BCUT2D eigenvalue weighted by atomic mass is 15.3. The van der Waals surface area contributed by atoms with Crippen molar-refractivity contribution < 1.29 is 0 Å².